The lowest BCUT2D eigenvalue weighted by Crippen LogP contribution is -2.37. The fourth-order valence-electron chi connectivity index (χ4n) is 4.40. The van der Waals surface area contributed by atoms with E-state index in [4.69, 9.17) is 4.74 Å². The van der Waals surface area contributed by atoms with E-state index >= 15 is 0 Å². The maximum Gasteiger partial charge on any atom is 0.273 e. The van der Waals surface area contributed by atoms with E-state index in [2.05, 4.69) is 15.6 Å². The number of nitrogens with one attached hydrogen (secondary N) is 2. The molecule has 0 aromatic carbocycles. The monoisotopic (exact) mass is 359 g/mol. The van der Waals surface area contributed by atoms with E-state index in [-0.39, 0.29) is 28.8 Å². The Kier molecular flexibility index (Phi) is 5.79. The van der Waals surface area contributed by atoms with Gasteiger partial charge in [-0.15, -0.1) is 0 Å². The van der Waals surface area contributed by atoms with Crippen LogP contribution in [0.5, 0.6) is 5.75 Å². The maximum absolute atomic E-state index is 12.3. The number of hydrogen-bond donors (Lipinski definition) is 2. The Morgan fingerprint density at radius 3 is 2.69 bits per heavy atom. The van der Waals surface area contributed by atoms with Gasteiger partial charge < -0.3 is 15.4 Å². The van der Waals surface area contributed by atoms with Crippen molar-refractivity contribution in [1.82, 2.24) is 15.6 Å². The van der Waals surface area contributed by atoms with Gasteiger partial charge >= 0.3 is 0 Å². The predicted octanol–water partition coefficient (Wildman–Crippen LogP) is 2.54. The highest BCUT2D eigenvalue weighted by molar-refractivity contribution is 5.94. The third-order valence-corrected chi connectivity index (χ3v) is 5.89. The van der Waals surface area contributed by atoms with Gasteiger partial charge in [0.25, 0.3) is 5.91 Å². The Bertz CT molecular complexity index is 653. The van der Waals surface area contributed by atoms with E-state index in [0.717, 1.165) is 5.92 Å². The summed E-state index contributed by atoms with van der Waals surface area (Å²) in [5.41, 5.74) is 0.559. The van der Waals surface area contributed by atoms with Crippen molar-refractivity contribution in [2.75, 3.05) is 20.2 Å². The van der Waals surface area contributed by atoms with E-state index in [1.54, 1.807) is 18.3 Å². The van der Waals surface area contributed by atoms with Gasteiger partial charge in [0.2, 0.25) is 5.91 Å². The highest BCUT2D eigenvalue weighted by Gasteiger charge is 2.45. The first-order valence-corrected chi connectivity index (χ1v) is 9.55. The van der Waals surface area contributed by atoms with Crippen LogP contribution in [0.4, 0.5) is 0 Å². The molecular formula is C20H29N3O3. The molecular weight excluding hydrogens is 330 g/mol. The summed E-state index contributed by atoms with van der Waals surface area (Å²) in [5.74, 6) is 1.35. The average molecular weight is 359 g/mol. The van der Waals surface area contributed by atoms with Crippen LogP contribution in [-0.4, -0.2) is 37.0 Å². The zero-order valence-corrected chi connectivity index (χ0v) is 15.7. The van der Waals surface area contributed by atoms with Crippen molar-refractivity contribution < 1.29 is 14.3 Å². The lowest BCUT2D eigenvalue weighted by atomic mass is 9.81. The maximum atomic E-state index is 12.3. The first-order chi connectivity index (χ1) is 12.5. The number of ether oxygens (including phenoxy) is 1. The van der Waals surface area contributed by atoms with Crippen molar-refractivity contribution in [3.05, 3.63) is 24.0 Å². The van der Waals surface area contributed by atoms with Crippen molar-refractivity contribution >= 4 is 11.8 Å². The van der Waals surface area contributed by atoms with Gasteiger partial charge in [-0.2, -0.15) is 0 Å². The highest BCUT2D eigenvalue weighted by Crippen LogP contribution is 2.55. The lowest BCUT2D eigenvalue weighted by Gasteiger charge is -2.26. The molecule has 2 N–H and O–H groups in total. The predicted molar refractivity (Wildman–Crippen MR) is 98.9 cm³/mol. The van der Waals surface area contributed by atoms with E-state index in [1.807, 2.05) is 6.92 Å². The molecule has 0 saturated heterocycles. The Labute approximate surface area is 155 Å². The lowest BCUT2D eigenvalue weighted by molar-refractivity contribution is -0.123. The van der Waals surface area contributed by atoms with Crippen molar-refractivity contribution in [3.8, 4) is 5.75 Å². The molecule has 1 atom stereocenters. The topological polar surface area (TPSA) is 80.3 Å². The molecule has 2 amide bonds. The Morgan fingerprint density at radius 2 is 2.04 bits per heavy atom. The normalized spacial score (nSPS) is 24.9. The molecule has 142 valence electrons. The van der Waals surface area contributed by atoms with Gasteiger partial charge in [0.1, 0.15) is 5.75 Å². The second-order valence-corrected chi connectivity index (χ2v) is 8.00. The minimum absolute atomic E-state index is 0.148. The Balaban J connectivity index is 1.39. The summed E-state index contributed by atoms with van der Waals surface area (Å²) in [6.07, 6.45) is 8.48. The molecule has 2 aliphatic carbocycles. The van der Waals surface area contributed by atoms with E-state index in [0.29, 0.717) is 25.3 Å². The minimum atomic E-state index is -0.262. The molecule has 2 bridgehead atoms. The van der Waals surface area contributed by atoms with Gasteiger partial charge in [-0.05, 0) is 61.5 Å². The van der Waals surface area contributed by atoms with E-state index in [9.17, 15) is 9.59 Å². The van der Waals surface area contributed by atoms with Gasteiger partial charge in [0.15, 0.2) is 5.69 Å². The summed E-state index contributed by atoms with van der Waals surface area (Å²) in [6.45, 7) is 3.06. The van der Waals surface area contributed by atoms with Crippen LogP contribution >= 0.6 is 0 Å². The first kappa shape index (κ1) is 18.7. The highest BCUT2D eigenvalue weighted by atomic mass is 16.5. The molecule has 1 heterocycles. The molecule has 2 fully saturated rings. The standard InChI is InChI=1S/C20H29N3O3/c1-14(13-23-19(25)18-16(26-2)4-3-9-21-18)12-22-17(24)11-20-7-5-15(10-20)6-8-20/h3-4,9,14-15H,5-8,10-13H2,1-2H3,(H,22,24)(H,23,25). The van der Waals surface area contributed by atoms with E-state index in [1.165, 1.54) is 39.2 Å². The van der Waals surface area contributed by atoms with Crippen LogP contribution in [0.1, 0.15) is 55.9 Å². The molecule has 26 heavy (non-hydrogen) atoms. The van der Waals surface area contributed by atoms with Crippen molar-refractivity contribution in [1.29, 1.82) is 0 Å². The van der Waals surface area contributed by atoms with Gasteiger partial charge in [0.05, 0.1) is 7.11 Å². The van der Waals surface area contributed by atoms with Gasteiger partial charge in [-0.3, -0.25) is 9.59 Å². The molecule has 6 nitrogen and oxygen atoms in total. The Morgan fingerprint density at radius 1 is 1.31 bits per heavy atom. The van der Waals surface area contributed by atoms with Crippen LogP contribution in [0.3, 0.4) is 0 Å². The van der Waals surface area contributed by atoms with Crippen LogP contribution in [0.25, 0.3) is 0 Å². The Hall–Kier alpha value is -2.11. The third-order valence-electron chi connectivity index (χ3n) is 5.89. The average Bonchev–Trinajstić information content (AvgIpc) is 3.24. The number of hydrogen-bond acceptors (Lipinski definition) is 4. The van der Waals surface area contributed by atoms with Crippen molar-refractivity contribution in [2.45, 2.75) is 45.4 Å². The molecule has 6 heteroatoms. The molecule has 1 aromatic heterocycles. The van der Waals surface area contributed by atoms with Crippen LogP contribution in [-0.2, 0) is 4.79 Å². The molecule has 0 aliphatic heterocycles. The number of rotatable bonds is 8. The fraction of sp³-hybridized carbons (Fsp3) is 0.650. The molecule has 2 aliphatic rings. The zero-order chi connectivity index (χ0) is 18.6. The van der Waals surface area contributed by atoms with Gasteiger partial charge in [-0.25, -0.2) is 4.98 Å². The molecule has 1 unspecified atom stereocenters. The number of aromatic nitrogens is 1. The largest absolute Gasteiger partial charge is 0.494 e. The second kappa shape index (κ2) is 8.06. The van der Waals surface area contributed by atoms with Crippen LogP contribution in [0.15, 0.2) is 18.3 Å². The SMILES string of the molecule is COc1cccnc1C(=O)NCC(C)CNC(=O)CC12CCC(CC1)C2. The third kappa shape index (κ3) is 4.34. The summed E-state index contributed by atoms with van der Waals surface area (Å²) in [5, 5.41) is 5.91. The summed E-state index contributed by atoms with van der Waals surface area (Å²) >= 11 is 0. The molecule has 1 aromatic rings. The number of amides is 2. The number of fused-ring (bicyclic) bond motifs is 2. The molecule has 0 spiro atoms. The minimum Gasteiger partial charge on any atom is -0.494 e. The molecule has 3 rings (SSSR count). The number of nitrogens with zero attached hydrogens (tertiary/aromatic N) is 1. The van der Waals surface area contributed by atoms with Crippen LogP contribution < -0.4 is 15.4 Å². The molecule has 0 radical (unpaired) electrons. The zero-order valence-electron chi connectivity index (χ0n) is 15.7. The van der Waals surface area contributed by atoms with Gasteiger partial charge in [0, 0.05) is 25.7 Å². The van der Waals surface area contributed by atoms with Crippen molar-refractivity contribution in [2.24, 2.45) is 17.3 Å². The fourth-order valence-corrected chi connectivity index (χ4v) is 4.40. The first-order valence-electron chi connectivity index (χ1n) is 9.55. The van der Waals surface area contributed by atoms with E-state index < -0.39 is 0 Å². The summed E-state index contributed by atoms with van der Waals surface area (Å²) < 4.78 is 5.16. The van der Waals surface area contributed by atoms with Crippen molar-refractivity contribution in [3.63, 3.8) is 0 Å². The van der Waals surface area contributed by atoms with Crippen LogP contribution in [0.2, 0.25) is 0 Å². The molecule has 2 saturated carbocycles. The van der Waals surface area contributed by atoms with Gasteiger partial charge in [-0.1, -0.05) is 6.92 Å². The summed E-state index contributed by atoms with van der Waals surface area (Å²) in [4.78, 5) is 28.6. The number of methoxy groups -OCH3 is 1. The summed E-state index contributed by atoms with van der Waals surface area (Å²) in [6, 6.07) is 3.44. The second-order valence-electron chi connectivity index (χ2n) is 8.00. The number of carbonyl (C=O) groups is 2. The number of pyridine rings is 1. The smallest absolute Gasteiger partial charge is 0.273 e. The van der Waals surface area contributed by atoms with Crippen LogP contribution in [0, 0.1) is 17.3 Å². The number of carbonyl (C=O) groups excluding carboxylic acids is 2. The quantitative estimate of drug-likeness (QED) is 0.747. The summed E-state index contributed by atoms with van der Waals surface area (Å²) in [7, 11) is 1.52.